The molecular formula is C21H29IN6O. The molecule has 1 fully saturated rings. The summed E-state index contributed by atoms with van der Waals surface area (Å²) < 4.78 is 7.74. The fourth-order valence-corrected chi connectivity index (χ4v) is 3.77. The Bertz CT molecular complexity index is 868. The summed E-state index contributed by atoms with van der Waals surface area (Å²) in [5.41, 5.74) is 2.05. The van der Waals surface area contributed by atoms with Crippen molar-refractivity contribution in [2.45, 2.75) is 25.3 Å². The first-order valence-electron chi connectivity index (χ1n) is 9.98. The number of likely N-dealkylation sites (tertiary alicyclic amines) is 1. The highest BCUT2D eigenvalue weighted by Crippen LogP contribution is 2.24. The molecule has 4 rings (SSSR count). The lowest BCUT2D eigenvalue weighted by atomic mass is 10.2. The molecule has 0 amide bonds. The number of furan rings is 1. The SMILES string of the molecule is CN=C(NCCc1cn2ccccc2n1)NCC(c1ccco1)N1CCCC1.I. The molecule has 0 saturated carbocycles. The van der Waals surface area contributed by atoms with E-state index in [0.717, 1.165) is 55.7 Å². The van der Waals surface area contributed by atoms with Crippen molar-refractivity contribution in [1.82, 2.24) is 24.9 Å². The van der Waals surface area contributed by atoms with Gasteiger partial charge in [-0.2, -0.15) is 0 Å². The molecule has 0 bridgehead atoms. The molecule has 1 unspecified atom stereocenters. The lowest BCUT2D eigenvalue weighted by Crippen LogP contribution is -2.43. The average Bonchev–Trinajstić information content (AvgIpc) is 3.48. The van der Waals surface area contributed by atoms with Crippen molar-refractivity contribution in [1.29, 1.82) is 0 Å². The van der Waals surface area contributed by atoms with E-state index in [1.807, 2.05) is 34.9 Å². The Morgan fingerprint density at radius 3 is 2.79 bits per heavy atom. The van der Waals surface area contributed by atoms with Gasteiger partial charge >= 0.3 is 0 Å². The van der Waals surface area contributed by atoms with Crippen molar-refractivity contribution < 1.29 is 4.42 Å². The Morgan fingerprint density at radius 1 is 1.21 bits per heavy atom. The first kappa shape index (κ1) is 21.6. The van der Waals surface area contributed by atoms with Crippen LogP contribution >= 0.6 is 24.0 Å². The van der Waals surface area contributed by atoms with Gasteiger partial charge in [-0.3, -0.25) is 9.89 Å². The molecule has 0 aliphatic carbocycles. The van der Waals surface area contributed by atoms with Gasteiger partial charge in [-0.15, -0.1) is 24.0 Å². The van der Waals surface area contributed by atoms with Gasteiger partial charge in [0.05, 0.1) is 18.0 Å². The van der Waals surface area contributed by atoms with Crippen molar-refractivity contribution in [2.75, 3.05) is 33.2 Å². The van der Waals surface area contributed by atoms with Crippen molar-refractivity contribution in [3.63, 3.8) is 0 Å². The fourth-order valence-electron chi connectivity index (χ4n) is 3.77. The number of guanidine groups is 1. The van der Waals surface area contributed by atoms with Crippen LogP contribution in [0.2, 0.25) is 0 Å². The molecule has 1 atom stereocenters. The highest BCUT2D eigenvalue weighted by Gasteiger charge is 2.25. The second-order valence-electron chi connectivity index (χ2n) is 7.10. The van der Waals surface area contributed by atoms with Crippen LogP contribution in [0.15, 0.2) is 58.4 Å². The van der Waals surface area contributed by atoms with Gasteiger partial charge in [-0.1, -0.05) is 6.07 Å². The number of pyridine rings is 1. The van der Waals surface area contributed by atoms with Crippen LogP contribution in [0, 0.1) is 0 Å². The summed E-state index contributed by atoms with van der Waals surface area (Å²) in [6.45, 7) is 3.78. The van der Waals surface area contributed by atoms with Crippen LogP contribution in [0.1, 0.15) is 30.3 Å². The second-order valence-corrected chi connectivity index (χ2v) is 7.10. The lowest BCUT2D eigenvalue weighted by Gasteiger charge is -2.26. The van der Waals surface area contributed by atoms with Crippen molar-refractivity contribution in [2.24, 2.45) is 4.99 Å². The molecule has 4 heterocycles. The zero-order valence-corrected chi connectivity index (χ0v) is 19.1. The van der Waals surface area contributed by atoms with E-state index in [-0.39, 0.29) is 30.0 Å². The summed E-state index contributed by atoms with van der Waals surface area (Å²) in [5, 5.41) is 6.85. The summed E-state index contributed by atoms with van der Waals surface area (Å²) in [6.07, 6.45) is 9.20. The first-order valence-corrected chi connectivity index (χ1v) is 9.98. The summed E-state index contributed by atoms with van der Waals surface area (Å²) in [6, 6.07) is 10.3. The maximum absolute atomic E-state index is 5.69. The summed E-state index contributed by atoms with van der Waals surface area (Å²) in [5.74, 6) is 1.81. The van der Waals surface area contributed by atoms with E-state index in [4.69, 9.17) is 4.42 Å². The molecule has 2 N–H and O–H groups in total. The van der Waals surface area contributed by atoms with E-state index in [1.165, 1.54) is 12.8 Å². The third kappa shape index (κ3) is 5.51. The number of nitrogens with one attached hydrogen (secondary N) is 2. The topological polar surface area (TPSA) is 70.1 Å². The number of aliphatic imine (C=N–C) groups is 1. The van der Waals surface area contributed by atoms with Crippen LogP contribution in [0.4, 0.5) is 0 Å². The summed E-state index contributed by atoms with van der Waals surface area (Å²) in [7, 11) is 1.80. The molecule has 0 aromatic carbocycles. The summed E-state index contributed by atoms with van der Waals surface area (Å²) >= 11 is 0. The van der Waals surface area contributed by atoms with Crippen molar-refractivity contribution >= 4 is 35.6 Å². The quantitative estimate of drug-likeness (QED) is 0.292. The van der Waals surface area contributed by atoms with E-state index in [2.05, 4.69) is 37.8 Å². The van der Waals surface area contributed by atoms with E-state index in [0.29, 0.717) is 0 Å². The summed E-state index contributed by atoms with van der Waals surface area (Å²) in [4.78, 5) is 11.5. The molecule has 8 heteroatoms. The Morgan fingerprint density at radius 2 is 2.07 bits per heavy atom. The number of fused-ring (bicyclic) bond motifs is 1. The Kier molecular flexibility index (Phi) is 7.93. The zero-order chi connectivity index (χ0) is 19.2. The maximum atomic E-state index is 5.69. The Labute approximate surface area is 188 Å². The van der Waals surface area contributed by atoms with Gasteiger partial charge in [0.2, 0.25) is 0 Å². The number of hydrogen-bond donors (Lipinski definition) is 2. The normalized spacial score (nSPS) is 16.0. The predicted octanol–water partition coefficient (Wildman–Crippen LogP) is 3.09. The predicted molar refractivity (Wildman–Crippen MR) is 126 cm³/mol. The van der Waals surface area contributed by atoms with Crippen molar-refractivity contribution in [3.05, 3.63) is 60.4 Å². The van der Waals surface area contributed by atoms with Crippen LogP contribution < -0.4 is 10.6 Å². The van der Waals surface area contributed by atoms with Gasteiger partial charge in [0, 0.05) is 39.0 Å². The highest BCUT2D eigenvalue weighted by molar-refractivity contribution is 14.0. The molecule has 3 aromatic rings. The molecule has 29 heavy (non-hydrogen) atoms. The molecule has 1 saturated heterocycles. The van der Waals surface area contributed by atoms with Gasteiger partial charge in [0.25, 0.3) is 0 Å². The molecule has 0 spiro atoms. The van der Waals surface area contributed by atoms with Crippen LogP contribution in [-0.4, -0.2) is 53.5 Å². The maximum Gasteiger partial charge on any atom is 0.191 e. The third-order valence-corrected chi connectivity index (χ3v) is 5.23. The number of aromatic nitrogens is 2. The molecule has 1 aliphatic heterocycles. The largest absolute Gasteiger partial charge is 0.468 e. The fraction of sp³-hybridized carbons (Fsp3) is 0.429. The molecule has 3 aromatic heterocycles. The van der Waals surface area contributed by atoms with Gasteiger partial charge in [0.15, 0.2) is 5.96 Å². The lowest BCUT2D eigenvalue weighted by molar-refractivity contribution is 0.215. The minimum absolute atomic E-state index is 0. The third-order valence-electron chi connectivity index (χ3n) is 5.23. The van der Waals surface area contributed by atoms with Crippen LogP contribution in [0.25, 0.3) is 5.65 Å². The molecule has 156 valence electrons. The van der Waals surface area contributed by atoms with Gasteiger partial charge in [-0.25, -0.2) is 4.98 Å². The van der Waals surface area contributed by atoms with E-state index >= 15 is 0 Å². The monoisotopic (exact) mass is 508 g/mol. The smallest absolute Gasteiger partial charge is 0.191 e. The minimum atomic E-state index is 0. The second kappa shape index (κ2) is 10.6. The molecular weight excluding hydrogens is 479 g/mol. The number of nitrogens with zero attached hydrogens (tertiary/aromatic N) is 4. The highest BCUT2D eigenvalue weighted by atomic mass is 127. The number of rotatable bonds is 7. The van der Waals surface area contributed by atoms with E-state index < -0.39 is 0 Å². The Hall–Kier alpha value is -2.07. The van der Waals surface area contributed by atoms with E-state index in [9.17, 15) is 0 Å². The van der Waals surface area contributed by atoms with Crippen molar-refractivity contribution in [3.8, 4) is 0 Å². The van der Waals surface area contributed by atoms with Crippen LogP contribution in [0.3, 0.4) is 0 Å². The van der Waals surface area contributed by atoms with Gasteiger partial charge in [0.1, 0.15) is 11.4 Å². The molecule has 1 aliphatic rings. The van der Waals surface area contributed by atoms with Gasteiger partial charge in [-0.05, 0) is 50.2 Å². The molecule has 7 nitrogen and oxygen atoms in total. The van der Waals surface area contributed by atoms with E-state index in [1.54, 1.807) is 13.3 Å². The average molecular weight is 508 g/mol. The molecule has 0 radical (unpaired) electrons. The Balaban J connectivity index is 0.00000240. The number of hydrogen-bond acceptors (Lipinski definition) is 4. The first-order chi connectivity index (χ1) is 13.8. The minimum Gasteiger partial charge on any atom is -0.468 e. The van der Waals surface area contributed by atoms with Crippen LogP contribution in [-0.2, 0) is 6.42 Å². The standard InChI is InChI=1S/C21H28N6O.HI/c1-22-21(23-10-9-17-16-27-13-3-2-8-20(27)25-17)24-15-18(19-7-6-14-28-19)26-11-4-5-12-26;/h2-3,6-8,13-14,16,18H,4-5,9-12,15H2,1H3,(H2,22,23,24);1H. The van der Waals surface area contributed by atoms with Gasteiger partial charge < -0.3 is 19.5 Å². The number of imidazole rings is 1. The number of halogens is 1. The zero-order valence-electron chi connectivity index (χ0n) is 16.8. The van der Waals surface area contributed by atoms with Crippen LogP contribution in [0.5, 0.6) is 0 Å².